The third-order valence-electron chi connectivity index (χ3n) is 5.17. The first-order chi connectivity index (χ1) is 16.3. The summed E-state index contributed by atoms with van der Waals surface area (Å²) in [6.07, 6.45) is 0. The number of fused-ring (bicyclic) bond motifs is 1. The topological polar surface area (TPSA) is 103 Å². The van der Waals surface area contributed by atoms with E-state index in [0.29, 0.717) is 22.9 Å². The van der Waals surface area contributed by atoms with Crippen LogP contribution in [0, 0.1) is 6.92 Å². The summed E-state index contributed by atoms with van der Waals surface area (Å²) in [4.78, 5) is 13.0. The molecule has 1 aliphatic heterocycles. The van der Waals surface area contributed by atoms with Crippen molar-refractivity contribution in [3.05, 3.63) is 66.2 Å². The van der Waals surface area contributed by atoms with E-state index in [0.717, 1.165) is 9.87 Å². The Bertz CT molecular complexity index is 1320. The van der Waals surface area contributed by atoms with Crippen molar-refractivity contribution in [2.45, 2.75) is 11.8 Å². The lowest BCUT2D eigenvalue weighted by atomic mass is 10.2. The van der Waals surface area contributed by atoms with Gasteiger partial charge in [0, 0.05) is 17.8 Å². The summed E-state index contributed by atoms with van der Waals surface area (Å²) in [5.41, 5.74) is 1.45. The number of hydrogen-bond acceptors (Lipinski definition) is 7. The number of hydrogen-bond donors (Lipinski definition) is 1. The minimum atomic E-state index is -4.19. The minimum absolute atomic E-state index is 0.0475. The Hall–Kier alpha value is -3.92. The second-order valence-electron chi connectivity index (χ2n) is 7.48. The maximum absolute atomic E-state index is 13.8. The predicted molar refractivity (Wildman–Crippen MR) is 126 cm³/mol. The molecule has 0 fully saturated rings. The minimum Gasteiger partial charge on any atom is -0.497 e. The number of rotatable bonds is 8. The number of methoxy groups -OCH3 is 2. The van der Waals surface area contributed by atoms with Gasteiger partial charge in [0.25, 0.3) is 10.0 Å². The summed E-state index contributed by atoms with van der Waals surface area (Å²) in [7, 11) is -1.32. The summed E-state index contributed by atoms with van der Waals surface area (Å²) in [6.45, 7) is 1.40. The Balaban J connectivity index is 1.70. The lowest BCUT2D eigenvalue weighted by Gasteiger charge is -2.25. The molecule has 9 nitrogen and oxygen atoms in total. The van der Waals surface area contributed by atoms with Crippen LogP contribution in [0.15, 0.2) is 65.6 Å². The molecule has 178 valence electrons. The summed E-state index contributed by atoms with van der Waals surface area (Å²) in [5, 5.41) is 2.72. The predicted octanol–water partition coefficient (Wildman–Crippen LogP) is 3.57. The molecule has 1 N–H and O–H groups in total. The van der Waals surface area contributed by atoms with Crippen molar-refractivity contribution in [2.75, 3.05) is 37.2 Å². The van der Waals surface area contributed by atoms with Gasteiger partial charge in [0.1, 0.15) is 22.9 Å². The molecular formula is C24H24N2O7S. The van der Waals surface area contributed by atoms with E-state index in [4.69, 9.17) is 18.9 Å². The molecule has 0 aliphatic carbocycles. The van der Waals surface area contributed by atoms with Crippen LogP contribution < -0.4 is 28.6 Å². The fraction of sp³-hybridized carbons (Fsp3) is 0.208. The van der Waals surface area contributed by atoms with Crippen molar-refractivity contribution in [1.82, 2.24) is 0 Å². The average molecular weight is 485 g/mol. The molecule has 1 amide bonds. The van der Waals surface area contributed by atoms with Crippen molar-refractivity contribution in [1.29, 1.82) is 0 Å². The van der Waals surface area contributed by atoms with Crippen molar-refractivity contribution in [3.8, 4) is 23.0 Å². The number of carbonyl (C=O) groups is 1. The van der Waals surface area contributed by atoms with Crippen molar-refractivity contribution >= 4 is 27.3 Å². The molecule has 4 rings (SSSR count). The molecule has 1 aliphatic rings. The number of nitrogens with one attached hydrogen (secondary N) is 1. The van der Waals surface area contributed by atoms with Gasteiger partial charge < -0.3 is 24.3 Å². The highest BCUT2D eigenvalue weighted by Crippen LogP contribution is 2.35. The molecule has 0 spiro atoms. The maximum Gasteiger partial charge on any atom is 0.268 e. The number of nitrogens with zero attached hydrogens (tertiary/aromatic N) is 1. The number of sulfonamides is 1. The fourth-order valence-corrected chi connectivity index (χ4v) is 5.15. The maximum atomic E-state index is 13.8. The van der Waals surface area contributed by atoms with E-state index in [1.807, 2.05) is 0 Å². The van der Waals surface area contributed by atoms with Crippen LogP contribution in [0.1, 0.15) is 5.56 Å². The highest BCUT2D eigenvalue weighted by molar-refractivity contribution is 7.93. The SMILES string of the molecule is COc1cccc(N(CC(=O)Nc2ccc3c(c2)OCO3)S(=O)(=O)c2cc(C)ccc2OC)c1. The summed E-state index contributed by atoms with van der Waals surface area (Å²) >= 11 is 0. The third kappa shape index (κ3) is 4.72. The van der Waals surface area contributed by atoms with E-state index < -0.39 is 22.5 Å². The molecule has 0 unspecified atom stereocenters. The molecule has 0 atom stereocenters. The highest BCUT2D eigenvalue weighted by atomic mass is 32.2. The van der Waals surface area contributed by atoms with Crippen molar-refractivity contribution in [3.63, 3.8) is 0 Å². The standard InChI is InChI=1S/C24H24N2O7S/c1-16-7-9-21(31-3)23(11-16)34(28,29)26(18-5-4-6-19(13-18)30-2)14-24(27)25-17-8-10-20-22(12-17)33-15-32-20/h4-13H,14-15H2,1-3H3,(H,25,27). The summed E-state index contributed by atoms with van der Waals surface area (Å²) in [5.74, 6) is 1.15. The van der Waals surface area contributed by atoms with E-state index in [-0.39, 0.29) is 23.1 Å². The Labute approximate surface area is 197 Å². The van der Waals surface area contributed by atoms with Gasteiger partial charge in [-0.3, -0.25) is 9.10 Å². The van der Waals surface area contributed by atoms with Crippen molar-refractivity contribution < 1.29 is 32.2 Å². The van der Waals surface area contributed by atoms with Crippen molar-refractivity contribution in [2.24, 2.45) is 0 Å². The monoisotopic (exact) mass is 484 g/mol. The number of carbonyl (C=O) groups excluding carboxylic acids is 1. The van der Waals surface area contributed by atoms with Crippen LogP contribution in [0.3, 0.4) is 0 Å². The van der Waals surface area contributed by atoms with Crippen LogP contribution in [-0.4, -0.2) is 41.9 Å². The Morgan fingerprint density at radius 3 is 2.56 bits per heavy atom. The van der Waals surface area contributed by atoms with E-state index in [1.165, 1.54) is 20.3 Å². The highest BCUT2D eigenvalue weighted by Gasteiger charge is 2.30. The van der Waals surface area contributed by atoms with Gasteiger partial charge in [-0.2, -0.15) is 0 Å². The van der Waals surface area contributed by atoms with Gasteiger partial charge in [0.15, 0.2) is 11.5 Å². The van der Waals surface area contributed by atoms with Gasteiger partial charge in [-0.25, -0.2) is 8.42 Å². The van der Waals surface area contributed by atoms with Gasteiger partial charge in [-0.15, -0.1) is 0 Å². The molecule has 0 radical (unpaired) electrons. The number of benzene rings is 3. The van der Waals surface area contributed by atoms with Crippen LogP contribution >= 0.6 is 0 Å². The van der Waals surface area contributed by atoms with E-state index in [1.54, 1.807) is 61.5 Å². The van der Waals surface area contributed by atoms with E-state index >= 15 is 0 Å². The zero-order valence-corrected chi connectivity index (χ0v) is 19.7. The number of anilines is 2. The van der Waals surface area contributed by atoms with Gasteiger partial charge >= 0.3 is 0 Å². The number of ether oxygens (including phenoxy) is 4. The Kier molecular flexibility index (Phi) is 6.51. The lowest BCUT2D eigenvalue weighted by molar-refractivity contribution is -0.114. The molecule has 0 bridgehead atoms. The molecule has 0 aromatic heterocycles. The molecule has 34 heavy (non-hydrogen) atoms. The molecule has 0 saturated carbocycles. The molecule has 3 aromatic carbocycles. The van der Waals surface area contributed by atoms with Gasteiger partial charge in [0.05, 0.1) is 19.9 Å². The van der Waals surface area contributed by atoms with Crippen LogP contribution in [0.4, 0.5) is 11.4 Å². The zero-order valence-electron chi connectivity index (χ0n) is 18.9. The molecule has 10 heteroatoms. The normalized spacial score (nSPS) is 12.2. The Morgan fingerprint density at radius 1 is 1.00 bits per heavy atom. The quantitative estimate of drug-likeness (QED) is 0.521. The summed E-state index contributed by atoms with van der Waals surface area (Å²) in [6, 6.07) is 16.3. The summed E-state index contributed by atoms with van der Waals surface area (Å²) < 4.78 is 49.8. The van der Waals surface area contributed by atoms with Crippen LogP contribution in [-0.2, 0) is 14.8 Å². The zero-order chi connectivity index (χ0) is 24.3. The average Bonchev–Trinajstić information content (AvgIpc) is 3.30. The molecule has 1 heterocycles. The van der Waals surface area contributed by atoms with Crippen LogP contribution in [0.2, 0.25) is 0 Å². The van der Waals surface area contributed by atoms with Gasteiger partial charge in [0.2, 0.25) is 12.7 Å². The second-order valence-corrected chi connectivity index (χ2v) is 9.31. The van der Waals surface area contributed by atoms with Crippen LogP contribution in [0.25, 0.3) is 0 Å². The third-order valence-corrected chi connectivity index (χ3v) is 6.97. The first-order valence-corrected chi connectivity index (χ1v) is 11.8. The smallest absolute Gasteiger partial charge is 0.268 e. The number of amides is 1. The molecule has 0 saturated heterocycles. The first-order valence-electron chi connectivity index (χ1n) is 10.3. The molecular weight excluding hydrogens is 460 g/mol. The van der Waals surface area contributed by atoms with Gasteiger partial charge in [-0.05, 0) is 48.9 Å². The van der Waals surface area contributed by atoms with Crippen LogP contribution in [0.5, 0.6) is 23.0 Å². The van der Waals surface area contributed by atoms with E-state index in [9.17, 15) is 13.2 Å². The second kappa shape index (κ2) is 9.52. The largest absolute Gasteiger partial charge is 0.497 e. The molecule has 3 aromatic rings. The van der Waals surface area contributed by atoms with E-state index in [2.05, 4.69) is 5.32 Å². The first kappa shape index (κ1) is 23.2. The van der Waals surface area contributed by atoms with Gasteiger partial charge in [-0.1, -0.05) is 12.1 Å². The fourth-order valence-electron chi connectivity index (χ4n) is 3.49. The lowest BCUT2D eigenvalue weighted by Crippen LogP contribution is -2.38. The number of aryl methyl sites for hydroxylation is 1. The Morgan fingerprint density at radius 2 is 1.79 bits per heavy atom.